The van der Waals surface area contributed by atoms with E-state index in [1.807, 2.05) is 0 Å². The molecule has 1 aromatic heterocycles. The van der Waals surface area contributed by atoms with Crippen LogP contribution in [0.4, 0.5) is 0 Å². The lowest BCUT2D eigenvalue weighted by Crippen LogP contribution is -2.30. The summed E-state index contributed by atoms with van der Waals surface area (Å²) < 4.78 is 10.2. The molecule has 0 bridgehead atoms. The zero-order valence-electron chi connectivity index (χ0n) is 15.8. The van der Waals surface area contributed by atoms with Gasteiger partial charge in [0.05, 0.1) is 41.4 Å². The summed E-state index contributed by atoms with van der Waals surface area (Å²) >= 11 is 4.31. The van der Waals surface area contributed by atoms with Crippen molar-refractivity contribution in [1.29, 1.82) is 5.26 Å². The number of pyridine rings is 1. The van der Waals surface area contributed by atoms with Gasteiger partial charge >= 0.3 is 5.97 Å². The molecule has 0 aliphatic carbocycles. The summed E-state index contributed by atoms with van der Waals surface area (Å²) in [5.41, 5.74) is 2.15. The first-order valence-corrected chi connectivity index (χ1v) is 9.32. The smallest absolute Gasteiger partial charge is 0.337 e. The average molecular weight is 401 g/mol. The molecule has 0 radical (unpaired) electrons. The van der Waals surface area contributed by atoms with E-state index in [4.69, 9.17) is 9.47 Å². The van der Waals surface area contributed by atoms with Crippen molar-refractivity contribution in [3.63, 3.8) is 0 Å². The first kappa shape index (κ1) is 21.7. The lowest BCUT2D eigenvalue weighted by molar-refractivity contribution is -0.138. The van der Waals surface area contributed by atoms with E-state index in [1.165, 1.54) is 6.08 Å². The van der Waals surface area contributed by atoms with Gasteiger partial charge in [0.15, 0.2) is 0 Å². The fourth-order valence-corrected chi connectivity index (χ4v) is 3.16. The number of aromatic nitrogens is 1. The van der Waals surface area contributed by atoms with Gasteiger partial charge in [-0.3, -0.25) is 4.98 Å². The van der Waals surface area contributed by atoms with Crippen molar-refractivity contribution >= 4 is 18.6 Å². The number of ether oxygens (including phenoxy) is 2. The van der Waals surface area contributed by atoms with Gasteiger partial charge in [0, 0.05) is 31.2 Å². The van der Waals surface area contributed by atoms with Gasteiger partial charge in [-0.15, -0.1) is 12.6 Å². The number of esters is 1. The van der Waals surface area contributed by atoms with E-state index in [1.54, 1.807) is 31.5 Å². The Bertz CT molecular complexity index is 784. The number of carbonyl (C=O) groups excluding carboxylic acids is 1. The van der Waals surface area contributed by atoms with Crippen LogP contribution in [0.25, 0.3) is 0 Å². The quantitative estimate of drug-likeness (QED) is 0.404. The Labute approximate surface area is 170 Å². The van der Waals surface area contributed by atoms with Crippen LogP contribution in [-0.2, 0) is 14.3 Å². The normalized spacial score (nSPS) is 19.0. The second kappa shape index (κ2) is 11.3. The van der Waals surface area contributed by atoms with Crippen molar-refractivity contribution in [1.82, 2.24) is 15.6 Å². The molecular formula is C20H24N4O3S. The number of hydrogen-bond donors (Lipinski definition) is 3. The van der Waals surface area contributed by atoms with Gasteiger partial charge in [-0.05, 0) is 24.6 Å². The third-order valence-electron chi connectivity index (χ3n) is 4.10. The summed E-state index contributed by atoms with van der Waals surface area (Å²) in [6.45, 7) is 9.22. The lowest BCUT2D eigenvalue weighted by Gasteiger charge is -2.27. The van der Waals surface area contributed by atoms with E-state index in [9.17, 15) is 10.1 Å². The van der Waals surface area contributed by atoms with Gasteiger partial charge in [0.25, 0.3) is 0 Å². The maximum absolute atomic E-state index is 12.4. The summed E-state index contributed by atoms with van der Waals surface area (Å²) in [6.07, 6.45) is 4.73. The largest absolute Gasteiger partial charge is 0.458 e. The Morgan fingerprint density at radius 2 is 2.14 bits per heavy atom. The average Bonchev–Trinajstić information content (AvgIpc) is 2.74. The van der Waals surface area contributed by atoms with Crippen LogP contribution in [0.1, 0.15) is 18.4 Å². The van der Waals surface area contributed by atoms with Crippen molar-refractivity contribution < 1.29 is 14.3 Å². The fraction of sp³-hybridized carbons (Fsp3) is 0.350. The molecule has 3 heterocycles. The molecule has 2 aliphatic heterocycles. The molecule has 8 heteroatoms. The second-order valence-electron chi connectivity index (χ2n) is 6.00. The van der Waals surface area contributed by atoms with E-state index in [2.05, 4.69) is 40.9 Å². The molecule has 1 fully saturated rings. The van der Waals surface area contributed by atoms with Gasteiger partial charge < -0.3 is 20.1 Å². The number of carbonyl (C=O) groups is 1. The second-order valence-corrected chi connectivity index (χ2v) is 6.45. The minimum atomic E-state index is -0.529. The highest BCUT2D eigenvalue weighted by Gasteiger charge is 2.34. The summed E-state index contributed by atoms with van der Waals surface area (Å²) in [4.78, 5) is 16.3. The topological polar surface area (TPSA) is 96.3 Å². The van der Waals surface area contributed by atoms with Crippen molar-refractivity contribution in [2.24, 2.45) is 0 Å². The molecule has 1 atom stereocenters. The van der Waals surface area contributed by atoms with Crippen LogP contribution in [0.15, 0.2) is 59.1 Å². The Morgan fingerprint density at radius 1 is 1.46 bits per heavy atom. The summed E-state index contributed by atoms with van der Waals surface area (Å²) in [7, 11) is 0. The first-order valence-electron chi connectivity index (χ1n) is 8.87. The molecule has 7 nitrogen and oxygen atoms in total. The third-order valence-corrected chi connectivity index (χ3v) is 4.45. The maximum Gasteiger partial charge on any atom is 0.337 e. The molecule has 0 amide bonds. The van der Waals surface area contributed by atoms with Crippen LogP contribution in [0.2, 0.25) is 0 Å². The minimum Gasteiger partial charge on any atom is -0.458 e. The van der Waals surface area contributed by atoms with E-state index >= 15 is 0 Å². The molecule has 28 heavy (non-hydrogen) atoms. The molecule has 1 saturated heterocycles. The van der Waals surface area contributed by atoms with Crippen LogP contribution in [0.5, 0.6) is 0 Å². The van der Waals surface area contributed by atoms with Crippen LogP contribution in [0, 0.1) is 11.3 Å². The molecule has 2 N–H and O–H groups in total. The molecule has 0 spiro atoms. The van der Waals surface area contributed by atoms with Gasteiger partial charge in [0.2, 0.25) is 0 Å². The molecule has 3 rings (SSSR count). The molecule has 1 unspecified atom stereocenters. The zero-order chi connectivity index (χ0) is 20.4. The van der Waals surface area contributed by atoms with E-state index in [0.29, 0.717) is 21.9 Å². The number of nitriles is 1. The SMILES string of the molecule is C1COCCN1.C=CCOC(=O)C1=C(C)NC(S)=C(C#N)C1c1ccncc1. The van der Waals surface area contributed by atoms with Crippen LogP contribution >= 0.6 is 12.6 Å². The number of allylic oxidation sites excluding steroid dienone is 2. The number of rotatable bonds is 4. The van der Waals surface area contributed by atoms with Crippen molar-refractivity contribution in [2.75, 3.05) is 32.9 Å². The van der Waals surface area contributed by atoms with Gasteiger partial charge in [-0.1, -0.05) is 12.7 Å². The zero-order valence-corrected chi connectivity index (χ0v) is 16.7. The Morgan fingerprint density at radius 3 is 2.64 bits per heavy atom. The van der Waals surface area contributed by atoms with Crippen LogP contribution < -0.4 is 10.6 Å². The highest BCUT2D eigenvalue weighted by Crippen LogP contribution is 2.38. The van der Waals surface area contributed by atoms with E-state index < -0.39 is 11.9 Å². The Kier molecular flexibility index (Phi) is 8.75. The van der Waals surface area contributed by atoms with Gasteiger partial charge in [-0.25, -0.2) is 4.79 Å². The number of hydrogen-bond acceptors (Lipinski definition) is 8. The van der Waals surface area contributed by atoms with Crippen molar-refractivity contribution in [2.45, 2.75) is 12.8 Å². The first-order chi connectivity index (χ1) is 13.6. The highest BCUT2D eigenvalue weighted by molar-refractivity contribution is 7.84. The van der Waals surface area contributed by atoms with Crippen molar-refractivity contribution in [3.05, 3.63) is 64.6 Å². The summed E-state index contributed by atoms with van der Waals surface area (Å²) in [5, 5.41) is 16.0. The van der Waals surface area contributed by atoms with E-state index in [0.717, 1.165) is 31.9 Å². The number of nitrogens with one attached hydrogen (secondary N) is 2. The monoisotopic (exact) mass is 400 g/mol. The van der Waals surface area contributed by atoms with Crippen molar-refractivity contribution in [3.8, 4) is 6.07 Å². The lowest BCUT2D eigenvalue weighted by atomic mass is 9.83. The number of nitrogens with zero attached hydrogens (tertiary/aromatic N) is 2. The molecule has 0 aromatic carbocycles. The van der Waals surface area contributed by atoms with Gasteiger partial charge in [0.1, 0.15) is 6.61 Å². The van der Waals surface area contributed by atoms with Crippen LogP contribution in [0.3, 0.4) is 0 Å². The van der Waals surface area contributed by atoms with Gasteiger partial charge in [-0.2, -0.15) is 5.26 Å². The number of dihydropyridines is 1. The standard InChI is InChI=1S/C16H15N3O2S.C4H9NO/c1-3-8-21-16(20)13-10(2)19-15(22)12(9-17)14(13)11-4-6-18-7-5-11;1-3-6-4-2-5-1/h3-7,14,19,22H,1,8H2,2H3;5H,1-4H2. The Balaban J connectivity index is 0.000000397. The van der Waals surface area contributed by atoms with Crippen LogP contribution in [-0.4, -0.2) is 43.9 Å². The summed E-state index contributed by atoms with van der Waals surface area (Å²) in [6, 6.07) is 5.65. The molecule has 148 valence electrons. The number of thiol groups is 1. The predicted octanol–water partition coefficient (Wildman–Crippen LogP) is 2.04. The highest BCUT2D eigenvalue weighted by atomic mass is 32.1. The minimum absolute atomic E-state index is 0.109. The third kappa shape index (κ3) is 5.70. The predicted molar refractivity (Wildman–Crippen MR) is 109 cm³/mol. The number of morpholine rings is 1. The molecule has 0 saturated carbocycles. The molecule has 2 aliphatic rings. The fourth-order valence-electron chi connectivity index (χ4n) is 2.82. The summed E-state index contributed by atoms with van der Waals surface area (Å²) in [5.74, 6) is -1.01. The van der Waals surface area contributed by atoms with E-state index in [-0.39, 0.29) is 6.61 Å². The molecule has 1 aromatic rings. The maximum atomic E-state index is 12.4. The Hall–Kier alpha value is -2.60. The molecular weight excluding hydrogens is 376 g/mol.